The minimum absolute atomic E-state index is 0.318. The van der Waals surface area contributed by atoms with Crippen LogP contribution in [0.15, 0.2) is 48.5 Å². The normalized spacial score (nSPS) is 12.1. The van der Waals surface area contributed by atoms with Crippen molar-refractivity contribution >= 4 is 5.91 Å². The van der Waals surface area contributed by atoms with Gasteiger partial charge in [-0.2, -0.15) is 0 Å². The van der Waals surface area contributed by atoms with Crippen molar-refractivity contribution in [1.82, 2.24) is 0 Å². The first-order valence-electron chi connectivity index (χ1n) is 7.13. The smallest absolute Gasteiger partial charge is 0.249 e. The van der Waals surface area contributed by atoms with Gasteiger partial charge in [0.2, 0.25) is 5.91 Å². The maximum Gasteiger partial charge on any atom is 0.249 e. The summed E-state index contributed by atoms with van der Waals surface area (Å²) in [6, 6.07) is 16.0. The number of hydrogen-bond donors (Lipinski definition) is 1. The van der Waals surface area contributed by atoms with Gasteiger partial charge in [0, 0.05) is 5.56 Å². The number of benzene rings is 2. The average Bonchev–Trinajstić information content (AvgIpc) is 2.47. The van der Waals surface area contributed by atoms with Gasteiger partial charge in [-0.25, -0.2) is 0 Å². The van der Waals surface area contributed by atoms with Crippen molar-refractivity contribution in [1.29, 1.82) is 0 Å². The second-order valence-corrected chi connectivity index (χ2v) is 5.19. The van der Waals surface area contributed by atoms with E-state index in [-0.39, 0.29) is 5.91 Å². The molecule has 1 atom stereocenters. The molecule has 2 nitrogen and oxygen atoms in total. The van der Waals surface area contributed by atoms with Gasteiger partial charge in [0.25, 0.3) is 0 Å². The van der Waals surface area contributed by atoms with Gasteiger partial charge >= 0.3 is 0 Å². The third kappa shape index (κ3) is 2.90. The lowest BCUT2D eigenvalue weighted by Crippen LogP contribution is -2.15. The Morgan fingerprint density at radius 1 is 1.10 bits per heavy atom. The van der Waals surface area contributed by atoms with Crippen LogP contribution < -0.4 is 5.73 Å². The van der Waals surface area contributed by atoms with Crippen LogP contribution in [0.1, 0.15) is 48.5 Å². The van der Waals surface area contributed by atoms with E-state index in [4.69, 9.17) is 5.73 Å². The van der Waals surface area contributed by atoms with E-state index in [1.165, 1.54) is 0 Å². The summed E-state index contributed by atoms with van der Waals surface area (Å²) in [5, 5.41) is 0. The summed E-state index contributed by atoms with van der Waals surface area (Å²) in [5.74, 6) is -0.0281. The first kappa shape index (κ1) is 14.3. The molecule has 2 aromatic carbocycles. The summed E-state index contributed by atoms with van der Waals surface area (Å²) in [6.07, 6.45) is 2.13. The predicted octanol–water partition coefficient (Wildman–Crippen LogP) is 4.36. The zero-order valence-corrected chi connectivity index (χ0v) is 12.1. The summed E-state index contributed by atoms with van der Waals surface area (Å²) in [6.45, 7) is 4.32. The van der Waals surface area contributed by atoms with Crippen LogP contribution in [0, 0.1) is 0 Å². The molecule has 0 saturated heterocycles. The van der Waals surface area contributed by atoms with Crippen molar-refractivity contribution in [3.8, 4) is 11.1 Å². The van der Waals surface area contributed by atoms with E-state index in [9.17, 15) is 4.79 Å². The molecular formula is C18H21NO. The van der Waals surface area contributed by atoms with Gasteiger partial charge in [-0.15, -0.1) is 0 Å². The Labute approximate surface area is 120 Å². The molecule has 0 aromatic heterocycles. The van der Waals surface area contributed by atoms with Gasteiger partial charge in [-0.1, -0.05) is 62.7 Å². The van der Waals surface area contributed by atoms with Crippen molar-refractivity contribution in [3.63, 3.8) is 0 Å². The van der Waals surface area contributed by atoms with Crippen molar-refractivity contribution in [2.24, 2.45) is 5.73 Å². The molecule has 2 N–H and O–H groups in total. The Morgan fingerprint density at radius 2 is 1.80 bits per heavy atom. The van der Waals surface area contributed by atoms with Crippen LogP contribution in [0.5, 0.6) is 0 Å². The molecule has 0 aliphatic rings. The van der Waals surface area contributed by atoms with Gasteiger partial charge in [0.1, 0.15) is 0 Å². The predicted molar refractivity (Wildman–Crippen MR) is 83.7 cm³/mol. The molecule has 2 rings (SSSR count). The summed E-state index contributed by atoms with van der Waals surface area (Å²) < 4.78 is 0. The maximum atomic E-state index is 11.7. The summed E-state index contributed by atoms with van der Waals surface area (Å²) >= 11 is 0. The van der Waals surface area contributed by atoms with Crippen molar-refractivity contribution in [2.45, 2.75) is 32.6 Å². The minimum atomic E-state index is -0.347. The van der Waals surface area contributed by atoms with E-state index >= 15 is 0 Å². The van der Waals surface area contributed by atoms with Crippen LogP contribution in [0.2, 0.25) is 0 Å². The van der Waals surface area contributed by atoms with E-state index in [2.05, 4.69) is 32.0 Å². The van der Waals surface area contributed by atoms with Crippen LogP contribution in [0.25, 0.3) is 11.1 Å². The number of nitrogens with two attached hydrogens (primary N) is 1. The highest BCUT2D eigenvalue weighted by Crippen LogP contribution is 2.34. The Balaban J connectivity index is 2.62. The van der Waals surface area contributed by atoms with Crippen LogP contribution in [0.3, 0.4) is 0 Å². The second-order valence-electron chi connectivity index (χ2n) is 5.19. The van der Waals surface area contributed by atoms with E-state index in [0.717, 1.165) is 29.5 Å². The highest BCUT2D eigenvalue weighted by Gasteiger charge is 2.18. The van der Waals surface area contributed by atoms with E-state index < -0.39 is 0 Å². The molecule has 20 heavy (non-hydrogen) atoms. The Kier molecular flexibility index (Phi) is 4.57. The highest BCUT2D eigenvalue weighted by molar-refractivity contribution is 5.96. The third-order valence-electron chi connectivity index (χ3n) is 3.67. The van der Waals surface area contributed by atoms with E-state index in [0.29, 0.717) is 11.5 Å². The average molecular weight is 267 g/mol. The first-order chi connectivity index (χ1) is 9.65. The molecule has 0 fully saturated rings. The fourth-order valence-electron chi connectivity index (χ4n) is 2.76. The quantitative estimate of drug-likeness (QED) is 0.859. The molecule has 0 aliphatic heterocycles. The molecule has 1 amide bonds. The minimum Gasteiger partial charge on any atom is -0.366 e. The van der Waals surface area contributed by atoms with E-state index in [1.54, 1.807) is 0 Å². The number of rotatable bonds is 5. The molecule has 0 spiro atoms. The Bertz CT molecular complexity index is 590. The van der Waals surface area contributed by atoms with Crippen molar-refractivity contribution < 1.29 is 4.79 Å². The molecular weight excluding hydrogens is 246 g/mol. The summed E-state index contributed by atoms with van der Waals surface area (Å²) in [4.78, 5) is 11.7. The molecule has 104 valence electrons. The molecule has 0 radical (unpaired) electrons. The SMILES string of the molecule is CCCC(C)c1c(C(N)=O)cccc1-c1ccccc1. The van der Waals surface area contributed by atoms with Gasteiger partial charge < -0.3 is 5.73 Å². The number of amides is 1. The molecule has 2 heteroatoms. The molecule has 0 heterocycles. The first-order valence-corrected chi connectivity index (χ1v) is 7.13. The van der Waals surface area contributed by atoms with Crippen molar-refractivity contribution in [2.75, 3.05) is 0 Å². The fourth-order valence-corrected chi connectivity index (χ4v) is 2.76. The zero-order chi connectivity index (χ0) is 14.5. The largest absolute Gasteiger partial charge is 0.366 e. The van der Waals surface area contributed by atoms with Gasteiger partial charge in [-0.05, 0) is 35.1 Å². The van der Waals surface area contributed by atoms with Crippen LogP contribution in [-0.4, -0.2) is 5.91 Å². The maximum absolute atomic E-state index is 11.7. The van der Waals surface area contributed by atoms with Gasteiger partial charge in [-0.3, -0.25) is 4.79 Å². The topological polar surface area (TPSA) is 43.1 Å². The van der Waals surface area contributed by atoms with Gasteiger partial charge in [0.05, 0.1) is 0 Å². The zero-order valence-electron chi connectivity index (χ0n) is 12.1. The molecule has 0 bridgehead atoms. The highest BCUT2D eigenvalue weighted by atomic mass is 16.1. The standard InChI is InChI=1S/C18H21NO/c1-3-8-13(2)17-15(14-9-5-4-6-10-14)11-7-12-16(17)18(19)20/h4-7,9-13H,3,8H2,1-2H3,(H2,19,20). The lowest BCUT2D eigenvalue weighted by Gasteiger charge is -2.19. The lowest BCUT2D eigenvalue weighted by atomic mass is 9.85. The van der Waals surface area contributed by atoms with E-state index in [1.807, 2.05) is 30.3 Å². The number of carbonyl (C=O) groups is 1. The number of hydrogen-bond acceptors (Lipinski definition) is 1. The third-order valence-corrected chi connectivity index (χ3v) is 3.67. The van der Waals surface area contributed by atoms with Crippen molar-refractivity contribution in [3.05, 3.63) is 59.7 Å². The van der Waals surface area contributed by atoms with Gasteiger partial charge in [0.15, 0.2) is 0 Å². The molecule has 0 aliphatic carbocycles. The number of carbonyl (C=O) groups excluding carboxylic acids is 1. The summed E-state index contributed by atoms with van der Waals surface area (Å²) in [7, 11) is 0. The monoisotopic (exact) mass is 267 g/mol. The van der Waals surface area contributed by atoms with Crippen LogP contribution >= 0.6 is 0 Å². The molecule has 0 saturated carbocycles. The second kappa shape index (κ2) is 6.38. The summed E-state index contributed by atoms with van der Waals surface area (Å²) in [5.41, 5.74) is 9.53. The lowest BCUT2D eigenvalue weighted by molar-refractivity contribution is 0.0999. The molecule has 2 aromatic rings. The molecule has 1 unspecified atom stereocenters. The Morgan fingerprint density at radius 3 is 2.40 bits per heavy atom. The van der Waals surface area contributed by atoms with Crippen LogP contribution in [0.4, 0.5) is 0 Å². The number of primary amides is 1. The fraction of sp³-hybridized carbons (Fsp3) is 0.278. The Hall–Kier alpha value is -2.09. The van der Waals surface area contributed by atoms with Crippen LogP contribution in [-0.2, 0) is 0 Å².